The van der Waals surface area contributed by atoms with Crippen LogP contribution in [0.5, 0.6) is 0 Å². The highest BCUT2D eigenvalue weighted by Gasteiger charge is 2.71. The second-order valence-corrected chi connectivity index (χ2v) is 9.93. The molecule has 3 amide bonds. The number of benzene rings is 2. The van der Waals surface area contributed by atoms with Crippen LogP contribution in [0.1, 0.15) is 41.3 Å². The second-order valence-electron chi connectivity index (χ2n) is 9.93. The Morgan fingerprint density at radius 1 is 0.952 bits per heavy atom. The third-order valence-electron chi connectivity index (χ3n) is 6.91. The molecule has 2 aromatic carbocycles. The van der Waals surface area contributed by atoms with Gasteiger partial charge in [0.2, 0.25) is 0 Å². The highest BCUT2D eigenvalue weighted by Crippen LogP contribution is 2.50. The Bertz CT molecular complexity index is 1220. The lowest BCUT2D eigenvalue weighted by atomic mass is 9.91. The molecule has 0 saturated carbocycles. The third kappa shape index (κ3) is 7.50. The van der Waals surface area contributed by atoms with Crippen LogP contribution in [-0.2, 0) is 12.1 Å². The Morgan fingerprint density at radius 2 is 1.55 bits per heavy atom. The summed E-state index contributed by atoms with van der Waals surface area (Å²) >= 11 is 0. The maximum absolute atomic E-state index is 14.6. The number of aliphatic hydroxyl groups is 2. The predicted octanol–water partition coefficient (Wildman–Crippen LogP) is 4.38. The Balaban J connectivity index is 1.56. The summed E-state index contributed by atoms with van der Waals surface area (Å²) in [5, 5.41) is 23.7. The molecule has 0 radical (unpaired) electrons. The number of carbonyl (C=O) groups is 2. The van der Waals surface area contributed by atoms with Crippen molar-refractivity contribution in [3.05, 3.63) is 65.0 Å². The zero-order chi connectivity index (χ0) is 31.3. The molecule has 4 N–H and O–H groups in total. The van der Waals surface area contributed by atoms with E-state index >= 15 is 0 Å². The van der Waals surface area contributed by atoms with Crippen molar-refractivity contribution in [2.45, 2.75) is 50.3 Å². The molecule has 1 aliphatic heterocycles. The minimum Gasteiger partial charge on any atom is -0.394 e. The van der Waals surface area contributed by atoms with Gasteiger partial charge in [-0.2, -0.15) is 26.3 Å². The Kier molecular flexibility index (Phi) is 10.4. The van der Waals surface area contributed by atoms with Crippen molar-refractivity contribution >= 4 is 17.6 Å². The zero-order valence-corrected chi connectivity index (χ0v) is 22.5. The smallest absolute Gasteiger partial charge is 0.394 e. The second kappa shape index (κ2) is 13.3. The number of carbonyl (C=O) groups excluding carboxylic acids is 2. The number of piperazine rings is 1. The number of nitrogens with one attached hydrogen (secondary N) is 2. The van der Waals surface area contributed by atoms with Gasteiger partial charge in [-0.15, -0.1) is 0 Å². The summed E-state index contributed by atoms with van der Waals surface area (Å²) in [5.74, 6) is -1.30. The SMILES string of the molecule is CCCC(CO)NC(=O)Nc1ccc(C(=O)N2CCN(Cc3ccc(C(O)(C(F)(F)F)C(F)(F)F)cc3)CC2)cc1F. The molecule has 1 unspecified atom stereocenters. The number of halogens is 7. The van der Waals surface area contributed by atoms with Gasteiger partial charge in [-0.05, 0) is 30.2 Å². The number of hydrogen-bond donors (Lipinski definition) is 4. The van der Waals surface area contributed by atoms with E-state index in [4.69, 9.17) is 0 Å². The molecule has 1 fully saturated rings. The van der Waals surface area contributed by atoms with Gasteiger partial charge in [-0.25, -0.2) is 9.18 Å². The minimum absolute atomic E-state index is 0.0449. The van der Waals surface area contributed by atoms with Gasteiger partial charge >= 0.3 is 18.4 Å². The maximum atomic E-state index is 14.6. The van der Waals surface area contributed by atoms with Crippen LogP contribution in [0.15, 0.2) is 42.5 Å². The fourth-order valence-corrected chi connectivity index (χ4v) is 4.54. The van der Waals surface area contributed by atoms with E-state index in [1.165, 1.54) is 17.0 Å². The van der Waals surface area contributed by atoms with Crippen LogP contribution in [0.2, 0.25) is 0 Å². The topological polar surface area (TPSA) is 105 Å². The summed E-state index contributed by atoms with van der Waals surface area (Å²) in [4.78, 5) is 28.3. The quantitative estimate of drug-likeness (QED) is 0.317. The predicted molar refractivity (Wildman–Crippen MR) is 138 cm³/mol. The van der Waals surface area contributed by atoms with E-state index in [2.05, 4.69) is 10.6 Å². The van der Waals surface area contributed by atoms with Crippen LogP contribution in [0.4, 0.5) is 41.2 Å². The number of nitrogens with zero attached hydrogens (tertiary/aromatic N) is 2. The molecule has 0 spiro atoms. The van der Waals surface area contributed by atoms with Crippen molar-refractivity contribution < 1.29 is 50.5 Å². The van der Waals surface area contributed by atoms with Gasteiger partial charge in [-0.3, -0.25) is 9.69 Å². The maximum Gasteiger partial charge on any atom is 0.430 e. The Hall–Kier alpha value is -3.43. The lowest BCUT2D eigenvalue weighted by Gasteiger charge is -2.35. The average Bonchev–Trinajstić information content (AvgIpc) is 2.92. The van der Waals surface area contributed by atoms with Gasteiger partial charge in [0.15, 0.2) is 0 Å². The molecule has 232 valence electrons. The third-order valence-corrected chi connectivity index (χ3v) is 6.91. The van der Waals surface area contributed by atoms with E-state index in [1.807, 2.05) is 11.8 Å². The number of hydrogen-bond acceptors (Lipinski definition) is 5. The van der Waals surface area contributed by atoms with E-state index in [9.17, 15) is 50.5 Å². The number of aliphatic hydroxyl groups excluding tert-OH is 1. The lowest BCUT2D eigenvalue weighted by Crippen LogP contribution is -2.53. The number of rotatable bonds is 9. The molecule has 0 aromatic heterocycles. The summed E-state index contributed by atoms with van der Waals surface area (Å²) in [6.45, 7) is 2.89. The molecule has 0 aliphatic carbocycles. The highest BCUT2D eigenvalue weighted by atomic mass is 19.4. The zero-order valence-electron chi connectivity index (χ0n) is 22.5. The first kappa shape index (κ1) is 33.1. The van der Waals surface area contributed by atoms with Gasteiger partial charge in [-0.1, -0.05) is 37.6 Å². The molecular formula is C27H31F7N4O4. The molecule has 15 heteroatoms. The van der Waals surface area contributed by atoms with E-state index in [0.717, 1.165) is 24.6 Å². The van der Waals surface area contributed by atoms with E-state index in [0.29, 0.717) is 37.2 Å². The first-order valence-electron chi connectivity index (χ1n) is 13.1. The summed E-state index contributed by atoms with van der Waals surface area (Å²) in [5.41, 5.74) is -6.05. The molecule has 8 nitrogen and oxygen atoms in total. The Labute approximate surface area is 237 Å². The van der Waals surface area contributed by atoms with Gasteiger partial charge in [0, 0.05) is 43.9 Å². The van der Waals surface area contributed by atoms with Gasteiger partial charge in [0.1, 0.15) is 5.82 Å². The Morgan fingerprint density at radius 3 is 2.05 bits per heavy atom. The molecule has 1 aliphatic rings. The van der Waals surface area contributed by atoms with Crippen molar-refractivity contribution in [2.24, 2.45) is 0 Å². The molecule has 1 heterocycles. The molecular weight excluding hydrogens is 577 g/mol. The largest absolute Gasteiger partial charge is 0.430 e. The molecule has 1 saturated heterocycles. The van der Waals surface area contributed by atoms with Gasteiger partial charge < -0.3 is 25.7 Å². The van der Waals surface area contributed by atoms with Crippen LogP contribution in [-0.4, -0.2) is 83.1 Å². The number of anilines is 1. The summed E-state index contributed by atoms with van der Waals surface area (Å²) in [7, 11) is 0. The van der Waals surface area contributed by atoms with E-state index in [-0.39, 0.29) is 37.5 Å². The first-order chi connectivity index (χ1) is 19.6. The van der Waals surface area contributed by atoms with Crippen molar-refractivity contribution in [1.82, 2.24) is 15.1 Å². The summed E-state index contributed by atoms with van der Waals surface area (Å²) in [6.07, 6.45) is -10.7. The fourth-order valence-electron chi connectivity index (χ4n) is 4.54. The average molecular weight is 609 g/mol. The van der Waals surface area contributed by atoms with Crippen LogP contribution in [0.3, 0.4) is 0 Å². The van der Waals surface area contributed by atoms with Crippen molar-refractivity contribution in [3.63, 3.8) is 0 Å². The summed E-state index contributed by atoms with van der Waals surface area (Å²) < 4.78 is 93.2. The number of alkyl halides is 6. The van der Waals surface area contributed by atoms with Gasteiger partial charge in [0.25, 0.3) is 11.5 Å². The molecule has 3 rings (SSSR count). The molecule has 2 aromatic rings. The van der Waals surface area contributed by atoms with Crippen LogP contribution in [0, 0.1) is 5.82 Å². The van der Waals surface area contributed by atoms with Crippen LogP contribution in [0.25, 0.3) is 0 Å². The molecule has 0 bridgehead atoms. The standard InChI is InChI=1S/C27H31F7N4O4/c1-2-3-20(16-39)35-24(41)36-22-9-6-18(14-21(22)28)23(40)38-12-10-37(11-13-38)15-17-4-7-19(8-5-17)25(42,26(29,30)31)27(32,33)34/h4-9,14,20,39,42H,2-3,10-13,15-16H2,1H3,(H2,35,36,41). The van der Waals surface area contributed by atoms with Crippen molar-refractivity contribution in [1.29, 1.82) is 0 Å². The lowest BCUT2D eigenvalue weighted by molar-refractivity contribution is -0.376. The van der Waals surface area contributed by atoms with Crippen molar-refractivity contribution in [3.8, 4) is 0 Å². The monoisotopic (exact) mass is 608 g/mol. The van der Waals surface area contributed by atoms with Crippen LogP contribution < -0.4 is 10.6 Å². The van der Waals surface area contributed by atoms with E-state index in [1.54, 1.807) is 0 Å². The molecule has 1 atom stereocenters. The highest BCUT2D eigenvalue weighted by molar-refractivity contribution is 5.95. The molecule has 42 heavy (non-hydrogen) atoms. The summed E-state index contributed by atoms with van der Waals surface area (Å²) in [6, 6.07) is 5.71. The van der Waals surface area contributed by atoms with E-state index < -0.39 is 47.3 Å². The normalized spacial score (nSPS) is 15.8. The fraction of sp³-hybridized carbons (Fsp3) is 0.481. The number of urea groups is 1. The van der Waals surface area contributed by atoms with Gasteiger partial charge in [0.05, 0.1) is 18.3 Å². The number of amides is 3. The van der Waals surface area contributed by atoms with Crippen LogP contribution >= 0.6 is 0 Å². The van der Waals surface area contributed by atoms with Crippen molar-refractivity contribution in [2.75, 3.05) is 38.1 Å². The minimum atomic E-state index is -5.97. The first-order valence-corrected chi connectivity index (χ1v) is 13.1.